The molecule has 4 nitrogen and oxygen atoms in total. The number of benzene rings is 1. The number of hydrogen-bond donors (Lipinski definition) is 0. The van der Waals surface area contributed by atoms with Gasteiger partial charge in [-0.05, 0) is 42.5 Å². The standard InChI is InChI=1S/C22H26N2O2S/c1-15(2)18-11-6-12-19-20(18)23-22(27-19)24(14-17-10-7-13-26-17)21(25)16-8-4-3-5-9-16/h6-7,10-13,15-16H,3-5,8-9,14H2,1-2H3. The minimum atomic E-state index is 0.102. The highest BCUT2D eigenvalue weighted by Crippen LogP contribution is 2.36. The number of nitrogens with zero attached hydrogens (tertiary/aromatic N) is 2. The van der Waals surface area contributed by atoms with Gasteiger partial charge in [-0.1, -0.05) is 56.6 Å². The Morgan fingerprint density at radius 2 is 2.04 bits per heavy atom. The van der Waals surface area contributed by atoms with Gasteiger partial charge < -0.3 is 4.42 Å². The zero-order valence-electron chi connectivity index (χ0n) is 16.0. The van der Waals surface area contributed by atoms with Gasteiger partial charge in [0.05, 0.1) is 23.0 Å². The van der Waals surface area contributed by atoms with Crippen molar-refractivity contribution in [3.63, 3.8) is 0 Å². The summed E-state index contributed by atoms with van der Waals surface area (Å²) in [5.41, 5.74) is 2.26. The molecule has 1 amide bonds. The molecule has 0 atom stereocenters. The first-order valence-corrected chi connectivity index (χ1v) is 10.7. The normalized spacial score (nSPS) is 15.5. The molecular formula is C22H26N2O2S. The van der Waals surface area contributed by atoms with Crippen molar-refractivity contribution in [3.8, 4) is 0 Å². The number of fused-ring (bicyclic) bond motifs is 1. The van der Waals surface area contributed by atoms with Crippen LogP contribution in [0.15, 0.2) is 41.0 Å². The number of thiazole rings is 1. The molecule has 0 N–H and O–H groups in total. The van der Waals surface area contributed by atoms with Crippen LogP contribution in [0.4, 0.5) is 5.13 Å². The molecule has 1 saturated carbocycles. The van der Waals surface area contributed by atoms with E-state index in [0.717, 1.165) is 46.8 Å². The fourth-order valence-electron chi connectivity index (χ4n) is 3.91. The molecule has 4 rings (SSSR count). The molecule has 1 fully saturated rings. The molecule has 0 aliphatic heterocycles. The largest absolute Gasteiger partial charge is 0.467 e. The Morgan fingerprint density at radius 3 is 2.74 bits per heavy atom. The fraction of sp³-hybridized carbons (Fsp3) is 0.455. The van der Waals surface area contributed by atoms with E-state index in [1.807, 2.05) is 17.0 Å². The molecule has 142 valence electrons. The zero-order valence-corrected chi connectivity index (χ0v) is 16.8. The number of hydrogen-bond acceptors (Lipinski definition) is 4. The van der Waals surface area contributed by atoms with Crippen molar-refractivity contribution >= 4 is 32.6 Å². The summed E-state index contributed by atoms with van der Waals surface area (Å²) in [6.07, 6.45) is 7.14. The van der Waals surface area contributed by atoms with Gasteiger partial charge in [0.15, 0.2) is 5.13 Å². The van der Waals surface area contributed by atoms with Gasteiger partial charge in [-0.15, -0.1) is 0 Å². The van der Waals surface area contributed by atoms with E-state index in [-0.39, 0.29) is 11.8 Å². The molecule has 0 radical (unpaired) electrons. The quantitative estimate of drug-likeness (QED) is 0.533. The Kier molecular flexibility index (Phi) is 5.30. The van der Waals surface area contributed by atoms with Crippen LogP contribution >= 0.6 is 11.3 Å². The van der Waals surface area contributed by atoms with Gasteiger partial charge in [0.25, 0.3) is 0 Å². The highest BCUT2D eigenvalue weighted by Gasteiger charge is 2.29. The molecule has 0 saturated heterocycles. The van der Waals surface area contributed by atoms with Crippen LogP contribution in [-0.4, -0.2) is 10.9 Å². The molecule has 3 aromatic rings. The third-order valence-electron chi connectivity index (χ3n) is 5.41. The third kappa shape index (κ3) is 3.79. The average Bonchev–Trinajstić information content (AvgIpc) is 3.35. The second-order valence-corrected chi connectivity index (χ2v) is 8.69. The van der Waals surface area contributed by atoms with Crippen molar-refractivity contribution in [3.05, 3.63) is 47.9 Å². The summed E-state index contributed by atoms with van der Waals surface area (Å²) in [5, 5.41) is 0.782. The van der Waals surface area contributed by atoms with Gasteiger partial charge in [0.1, 0.15) is 5.76 Å². The molecule has 0 spiro atoms. The maximum atomic E-state index is 13.4. The van der Waals surface area contributed by atoms with E-state index >= 15 is 0 Å². The predicted molar refractivity (Wildman–Crippen MR) is 110 cm³/mol. The van der Waals surface area contributed by atoms with Crippen molar-refractivity contribution < 1.29 is 9.21 Å². The Bertz CT molecular complexity index is 908. The molecule has 1 aromatic carbocycles. The molecule has 1 aliphatic rings. The topological polar surface area (TPSA) is 46.3 Å². The number of anilines is 1. The molecule has 2 aromatic heterocycles. The third-order valence-corrected chi connectivity index (χ3v) is 6.45. The summed E-state index contributed by atoms with van der Waals surface area (Å²) < 4.78 is 6.68. The van der Waals surface area contributed by atoms with Crippen LogP contribution in [0.25, 0.3) is 10.2 Å². The van der Waals surface area contributed by atoms with Crippen LogP contribution in [0, 0.1) is 5.92 Å². The molecular weight excluding hydrogens is 356 g/mol. The Hall–Kier alpha value is -2.14. The van der Waals surface area contributed by atoms with E-state index in [1.165, 1.54) is 12.0 Å². The SMILES string of the molecule is CC(C)c1cccc2sc(N(Cc3ccco3)C(=O)C3CCCCC3)nc12. The lowest BCUT2D eigenvalue weighted by atomic mass is 9.88. The van der Waals surface area contributed by atoms with Gasteiger partial charge >= 0.3 is 0 Å². The summed E-state index contributed by atoms with van der Waals surface area (Å²) in [4.78, 5) is 20.1. The number of para-hydroxylation sites is 1. The summed E-state index contributed by atoms with van der Waals surface area (Å²) in [6, 6.07) is 10.1. The van der Waals surface area contributed by atoms with Crippen molar-refractivity contribution in [2.75, 3.05) is 4.90 Å². The van der Waals surface area contributed by atoms with E-state index in [4.69, 9.17) is 9.40 Å². The van der Waals surface area contributed by atoms with Crippen molar-refractivity contribution in [2.45, 2.75) is 58.4 Å². The monoisotopic (exact) mass is 382 g/mol. The molecule has 0 unspecified atom stereocenters. The molecule has 27 heavy (non-hydrogen) atoms. The smallest absolute Gasteiger partial charge is 0.232 e. The van der Waals surface area contributed by atoms with Crippen LogP contribution in [-0.2, 0) is 11.3 Å². The van der Waals surface area contributed by atoms with Crippen molar-refractivity contribution in [2.24, 2.45) is 5.92 Å². The van der Waals surface area contributed by atoms with Gasteiger partial charge in [-0.2, -0.15) is 0 Å². The highest BCUT2D eigenvalue weighted by molar-refractivity contribution is 7.22. The van der Waals surface area contributed by atoms with Gasteiger partial charge in [-0.3, -0.25) is 9.69 Å². The maximum Gasteiger partial charge on any atom is 0.232 e. The van der Waals surface area contributed by atoms with E-state index < -0.39 is 0 Å². The predicted octanol–water partition coefficient (Wildman–Crippen LogP) is 6.13. The highest BCUT2D eigenvalue weighted by atomic mass is 32.1. The van der Waals surface area contributed by atoms with E-state index in [1.54, 1.807) is 17.6 Å². The zero-order chi connectivity index (χ0) is 18.8. The number of amides is 1. The Balaban J connectivity index is 1.72. The first kappa shape index (κ1) is 18.2. The second-order valence-electron chi connectivity index (χ2n) is 7.68. The molecule has 2 heterocycles. The Morgan fingerprint density at radius 1 is 1.22 bits per heavy atom. The first-order valence-electron chi connectivity index (χ1n) is 9.86. The average molecular weight is 383 g/mol. The van der Waals surface area contributed by atoms with Crippen LogP contribution in [0.2, 0.25) is 0 Å². The number of carbonyl (C=O) groups excluding carboxylic acids is 1. The first-order chi connectivity index (χ1) is 13.1. The van der Waals surface area contributed by atoms with Gasteiger partial charge in [0.2, 0.25) is 5.91 Å². The lowest BCUT2D eigenvalue weighted by molar-refractivity contribution is -0.123. The summed E-state index contributed by atoms with van der Waals surface area (Å²) in [5.74, 6) is 1.49. The number of aromatic nitrogens is 1. The second kappa shape index (κ2) is 7.85. The number of carbonyl (C=O) groups is 1. The summed E-state index contributed by atoms with van der Waals surface area (Å²) in [6.45, 7) is 4.81. The van der Waals surface area contributed by atoms with Crippen molar-refractivity contribution in [1.29, 1.82) is 0 Å². The minimum absolute atomic E-state index is 0.102. The van der Waals surface area contributed by atoms with Gasteiger partial charge in [-0.25, -0.2) is 4.98 Å². The van der Waals surface area contributed by atoms with E-state index in [2.05, 4.69) is 32.0 Å². The van der Waals surface area contributed by atoms with Crippen LogP contribution in [0.5, 0.6) is 0 Å². The fourth-order valence-corrected chi connectivity index (χ4v) is 4.91. The van der Waals surface area contributed by atoms with Gasteiger partial charge in [0, 0.05) is 5.92 Å². The van der Waals surface area contributed by atoms with Crippen LogP contribution < -0.4 is 4.90 Å². The number of rotatable bonds is 5. The number of furan rings is 1. The summed E-state index contributed by atoms with van der Waals surface area (Å²) in [7, 11) is 0. The molecule has 0 bridgehead atoms. The van der Waals surface area contributed by atoms with Crippen LogP contribution in [0.3, 0.4) is 0 Å². The molecule has 1 aliphatic carbocycles. The lowest BCUT2D eigenvalue weighted by Gasteiger charge is -2.27. The lowest BCUT2D eigenvalue weighted by Crippen LogP contribution is -2.36. The minimum Gasteiger partial charge on any atom is -0.467 e. The van der Waals surface area contributed by atoms with Crippen LogP contribution in [0.1, 0.15) is 63.2 Å². The van der Waals surface area contributed by atoms with E-state index in [9.17, 15) is 4.79 Å². The van der Waals surface area contributed by atoms with Crippen molar-refractivity contribution in [1.82, 2.24) is 4.98 Å². The Labute approximate surface area is 164 Å². The maximum absolute atomic E-state index is 13.4. The molecule has 5 heteroatoms. The van der Waals surface area contributed by atoms with E-state index in [0.29, 0.717) is 12.5 Å². The summed E-state index contributed by atoms with van der Waals surface area (Å²) >= 11 is 1.60.